The van der Waals surface area contributed by atoms with E-state index < -0.39 is 31.4 Å². The van der Waals surface area contributed by atoms with Gasteiger partial charge >= 0.3 is 0 Å². The molecule has 0 saturated carbocycles. The number of nitrogens with one attached hydrogen (secondary N) is 2. The summed E-state index contributed by atoms with van der Waals surface area (Å²) >= 11 is 0. The van der Waals surface area contributed by atoms with Crippen LogP contribution >= 0.6 is 12.4 Å². The minimum Gasteiger partial charge on any atom is -0.329 e. The van der Waals surface area contributed by atoms with E-state index in [1.54, 1.807) is 13.8 Å². The largest absolute Gasteiger partial charge is 0.329 e. The highest BCUT2D eigenvalue weighted by Crippen LogP contribution is 2.21. The summed E-state index contributed by atoms with van der Waals surface area (Å²) in [7, 11) is -7.61. The van der Waals surface area contributed by atoms with Crippen molar-refractivity contribution in [3.63, 3.8) is 0 Å². The SMILES string of the molecule is CCS(=O)(=O)Nc1ccc(S(=O)(=O)NC(C)(C)CN)cc1F.Cl. The molecule has 0 aromatic heterocycles. The van der Waals surface area contributed by atoms with E-state index in [1.165, 1.54) is 6.92 Å². The highest BCUT2D eigenvalue weighted by atomic mass is 35.5. The molecule has 0 unspecified atom stereocenters. The summed E-state index contributed by atoms with van der Waals surface area (Å²) in [4.78, 5) is -0.314. The Morgan fingerprint density at radius 2 is 1.78 bits per heavy atom. The van der Waals surface area contributed by atoms with Gasteiger partial charge in [0, 0.05) is 12.1 Å². The first kappa shape index (κ1) is 22.1. The summed E-state index contributed by atoms with van der Waals surface area (Å²) in [5, 5.41) is 0. The van der Waals surface area contributed by atoms with Gasteiger partial charge in [-0.2, -0.15) is 0 Å². The standard InChI is InChI=1S/C12H20FN3O4S2.ClH/c1-4-21(17,18)15-11-6-5-9(7-10(11)13)22(19,20)16-12(2,3)8-14;/h5-7,15-16H,4,8,14H2,1-3H3;1H. The number of rotatable bonds is 7. The lowest BCUT2D eigenvalue weighted by Gasteiger charge is -2.24. The van der Waals surface area contributed by atoms with Crippen LogP contribution in [0.15, 0.2) is 23.1 Å². The molecule has 0 aliphatic carbocycles. The van der Waals surface area contributed by atoms with Crippen LogP contribution in [0.4, 0.5) is 10.1 Å². The number of hydrogen-bond donors (Lipinski definition) is 3. The third-order valence-corrected chi connectivity index (χ3v) is 5.80. The molecule has 0 bridgehead atoms. The van der Waals surface area contributed by atoms with E-state index in [4.69, 9.17) is 5.73 Å². The van der Waals surface area contributed by atoms with Crippen molar-refractivity contribution in [3.05, 3.63) is 24.0 Å². The normalized spacial score (nSPS) is 12.6. The Morgan fingerprint density at radius 3 is 2.22 bits per heavy atom. The molecule has 1 rings (SSSR count). The topological polar surface area (TPSA) is 118 Å². The molecule has 0 amide bonds. The minimum atomic E-state index is -3.97. The van der Waals surface area contributed by atoms with E-state index in [1.807, 2.05) is 4.72 Å². The Balaban J connectivity index is 0.00000484. The van der Waals surface area contributed by atoms with E-state index in [0.717, 1.165) is 18.2 Å². The van der Waals surface area contributed by atoms with Gasteiger partial charge in [0.25, 0.3) is 0 Å². The molecule has 0 heterocycles. The third kappa shape index (κ3) is 6.22. The predicted molar refractivity (Wildman–Crippen MR) is 90.2 cm³/mol. The number of nitrogens with two attached hydrogens (primary N) is 1. The number of benzene rings is 1. The summed E-state index contributed by atoms with van der Waals surface area (Å²) in [6.45, 7) is 4.64. The van der Waals surface area contributed by atoms with E-state index >= 15 is 0 Å². The van der Waals surface area contributed by atoms with E-state index in [9.17, 15) is 21.2 Å². The maximum atomic E-state index is 13.9. The summed E-state index contributed by atoms with van der Waals surface area (Å²) in [5.41, 5.74) is 4.25. The van der Waals surface area contributed by atoms with Crippen molar-refractivity contribution >= 4 is 38.1 Å². The molecule has 11 heteroatoms. The molecule has 7 nitrogen and oxygen atoms in total. The lowest BCUT2D eigenvalue weighted by Crippen LogP contribution is -2.48. The Bertz CT molecular complexity index is 752. The number of halogens is 2. The van der Waals surface area contributed by atoms with Crippen molar-refractivity contribution in [2.75, 3.05) is 17.0 Å². The zero-order valence-corrected chi connectivity index (χ0v) is 15.4. The quantitative estimate of drug-likeness (QED) is 0.643. The summed E-state index contributed by atoms with van der Waals surface area (Å²) in [6, 6.07) is 2.93. The maximum absolute atomic E-state index is 13.9. The lowest BCUT2D eigenvalue weighted by molar-refractivity contribution is 0.462. The molecule has 0 spiro atoms. The Hall–Kier alpha value is -0.940. The monoisotopic (exact) mass is 389 g/mol. The molecule has 0 aliphatic heterocycles. The second kappa shape index (κ2) is 7.75. The molecule has 0 aliphatic rings. The predicted octanol–water partition coefficient (Wildman–Crippen LogP) is 1.02. The zero-order valence-electron chi connectivity index (χ0n) is 13.0. The molecule has 1 aromatic carbocycles. The van der Waals surface area contributed by atoms with Crippen LogP contribution in [-0.4, -0.2) is 34.7 Å². The van der Waals surface area contributed by atoms with Crippen LogP contribution in [0.2, 0.25) is 0 Å². The molecular weight excluding hydrogens is 369 g/mol. The van der Waals surface area contributed by atoms with E-state index in [2.05, 4.69) is 4.72 Å². The van der Waals surface area contributed by atoms with Gasteiger partial charge in [0.2, 0.25) is 20.0 Å². The summed E-state index contributed by atoms with van der Waals surface area (Å²) in [5.74, 6) is -1.20. The molecule has 0 radical (unpaired) electrons. The first-order chi connectivity index (χ1) is 9.92. The average Bonchev–Trinajstić information content (AvgIpc) is 2.39. The van der Waals surface area contributed by atoms with Crippen LogP contribution in [0.5, 0.6) is 0 Å². The number of hydrogen-bond acceptors (Lipinski definition) is 5. The van der Waals surface area contributed by atoms with Crippen LogP contribution in [0, 0.1) is 5.82 Å². The first-order valence-corrected chi connectivity index (χ1v) is 9.60. The molecule has 0 fully saturated rings. The van der Waals surface area contributed by atoms with Crippen molar-refractivity contribution in [3.8, 4) is 0 Å². The molecular formula is C12H21ClFN3O4S2. The fourth-order valence-corrected chi connectivity index (χ4v) is 3.53. The van der Waals surface area contributed by atoms with Gasteiger partial charge in [-0.15, -0.1) is 12.4 Å². The molecule has 4 N–H and O–H groups in total. The van der Waals surface area contributed by atoms with E-state index in [-0.39, 0.29) is 35.3 Å². The van der Waals surface area contributed by atoms with Crippen LogP contribution in [-0.2, 0) is 20.0 Å². The number of sulfonamides is 2. The van der Waals surface area contributed by atoms with Gasteiger partial charge in [0.15, 0.2) is 0 Å². The van der Waals surface area contributed by atoms with Crippen LogP contribution in [0.3, 0.4) is 0 Å². The lowest BCUT2D eigenvalue weighted by atomic mass is 10.1. The molecule has 0 saturated heterocycles. The van der Waals surface area contributed by atoms with Gasteiger partial charge in [0.1, 0.15) is 5.82 Å². The number of anilines is 1. The van der Waals surface area contributed by atoms with Gasteiger partial charge in [-0.3, -0.25) is 4.72 Å². The first-order valence-electron chi connectivity index (χ1n) is 6.46. The van der Waals surface area contributed by atoms with Crippen molar-refractivity contribution < 1.29 is 21.2 Å². The minimum absolute atomic E-state index is 0. The van der Waals surface area contributed by atoms with Crippen LogP contribution in [0.1, 0.15) is 20.8 Å². The van der Waals surface area contributed by atoms with Gasteiger partial charge in [-0.05, 0) is 39.0 Å². The van der Waals surface area contributed by atoms with E-state index in [0.29, 0.717) is 0 Å². The summed E-state index contributed by atoms with van der Waals surface area (Å²) < 4.78 is 65.4. The van der Waals surface area contributed by atoms with Gasteiger partial charge in [-0.25, -0.2) is 25.9 Å². The second-order valence-corrected chi connectivity index (χ2v) is 9.03. The Labute approximate surface area is 142 Å². The van der Waals surface area contributed by atoms with Gasteiger partial charge in [0.05, 0.1) is 16.3 Å². The van der Waals surface area contributed by atoms with Gasteiger partial charge in [-0.1, -0.05) is 0 Å². The third-order valence-electron chi connectivity index (χ3n) is 2.82. The fourth-order valence-electron chi connectivity index (χ4n) is 1.45. The molecule has 23 heavy (non-hydrogen) atoms. The van der Waals surface area contributed by atoms with Crippen molar-refractivity contribution in [2.24, 2.45) is 5.73 Å². The Morgan fingerprint density at radius 1 is 1.22 bits per heavy atom. The van der Waals surface area contributed by atoms with Crippen LogP contribution in [0.25, 0.3) is 0 Å². The van der Waals surface area contributed by atoms with Crippen molar-refractivity contribution in [2.45, 2.75) is 31.2 Å². The fraction of sp³-hybridized carbons (Fsp3) is 0.500. The second-order valence-electron chi connectivity index (χ2n) is 5.34. The molecule has 134 valence electrons. The van der Waals surface area contributed by atoms with Gasteiger partial charge < -0.3 is 5.73 Å². The maximum Gasteiger partial charge on any atom is 0.241 e. The van der Waals surface area contributed by atoms with Crippen molar-refractivity contribution in [1.82, 2.24) is 4.72 Å². The molecule has 1 aromatic rings. The van der Waals surface area contributed by atoms with Crippen LogP contribution < -0.4 is 15.2 Å². The summed E-state index contributed by atoms with van der Waals surface area (Å²) in [6.07, 6.45) is 0. The van der Waals surface area contributed by atoms with Crippen molar-refractivity contribution in [1.29, 1.82) is 0 Å². The molecule has 0 atom stereocenters. The zero-order chi connectivity index (χ0) is 17.2. The highest BCUT2D eigenvalue weighted by molar-refractivity contribution is 7.92. The Kier molecular flexibility index (Phi) is 7.44. The highest BCUT2D eigenvalue weighted by Gasteiger charge is 2.25. The smallest absolute Gasteiger partial charge is 0.241 e. The average molecular weight is 390 g/mol.